The van der Waals surface area contributed by atoms with Gasteiger partial charge in [0.1, 0.15) is 0 Å². The molecular weight excluding hydrogens is 388 g/mol. The molecule has 0 aliphatic rings. The second-order valence-electron chi connectivity index (χ2n) is 6.82. The first-order valence-electron chi connectivity index (χ1n) is 8.83. The molecule has 1 aromatic carbocycles. The standard InChI is InChI=1S/C21H20N4O3S/c1-25(2)10-9-21(28,13-26)8-6-14-4-3-5-15(12-14)17-18-16(7-11-29-18)23-20(24-17)19(22)27/h3-5,7,11-13,28H,9-10H2,1-2H3,(H2,22,27)/t21-/m0/s1. The number of benzene rings is 1. The number of aromatic nitrogens is 2. The van der Waals surface area contributed by atoms with Crippen molar-refractivity contribution in [1.29, 1.82) is 0 Å². The van der Waals surface area contributed by atoms with E-state index in [-0.39, 0.29) is 12.2 Å². The number of carbonyl (C=O) groups is 2. The van der Waals surface area contributed by atoms with E-state index in [4.69, 9.17) is 5.73 Å². The number of aliphatic hydroxyl groups is 1. The van der Waals surface area contributed by atoms with Crippen LogP contribution in [0.5, 0.6) is 0 Å². The van der Waals surface area contributed by atoms with Crippen LogP contribution in [-0.2, 0) is 4.79 Å². The van der Waals surface area contributed by atoms with E-state index in [1.807, 2.05) is 30.4 Å². The fourth-order valence-corrected chi connectivity index (χ4v) is 3.48. The first kappa shape index (κ1) is 20.6. The zero-order valence-corrected chi connectivity index (χ0v) is 16.9. The molecule has 1 amide bonds. The lowest BCUT2D eigenvalue weighted by atomic mass is 10.0. The number of hydrogen-bond acceptors (Lipinski definition) is 7. The first-order valence-corrected chi connectivity index (χ1v) is 9.71. The van der Waals surface area contributed by atoms with Gasteiger partial charge in [-0.25, -0.2) is 9.97 Å². The van der Waals surface area contributed by atoms with Crippen molar-refractivity contribution in [3.8, 4) is 23.1 Å². The van der Waals surface area contributed by atoms with Crippen LogP contribution in [0.25, 0.3) is 21.5 Å². The van der Waals surface area contributed by atoms with Gasteiger partial charge >= 0.3 is 0 Å². The minimum absolute atomic E-state index is 0.0543. The van der Waals surface area contributed by atoms with Gasteiger partial charge in [0, 0.05) is 24.1 Å². The third kappa shape index (κ3) is 4.84. The number of rotatable bonds is 6. The Labute approximate surface area is 172 Å². The Morgan fingerprint density at radius 3 is 2.83 bits per heavy atom. The summed E-state index contributed by atoms with van der Waals surface area (Å²) < 4.78 is 0.829. The van der Waals surface area contributed by atoms with Crippen molar-refractivity contribution in [2.75, 3.05) is 20.6 Å². The van der Waals surface area contributed by atoms with Gasteiger partial charge in [-0.3, -0.25) is 9.59 Å². The largest absolute Gasteiger partial charge is 0.371 e. The normalized spacial score (nSPS) is 13.0. The highest BCUT2D eigenvalue weighted by atomic mass is 32.1. The predicted octanol–water partition coefficient (Wildman–Crippen LogP) is 1.69. The van der Waals surface area contributed by atoms with Gasteiger partial charge in [-0.15, -0.1) is 11.3 Å². The van der Waals surface area contributed by atoms with Crippen LogP contribution in [0, 0.1) is 11.8 Å². The van der Waals surface area contributed by atoms with E-state index in [1.165, 1.54) is 11.3 Å². The maximum atomic E-state index is 11.6. The third-order valence-electron chi connectivity index (χ3n) is 4.22. The van der Waals surface area contributed by atoms with E-state index >= 15 is 0 Å². The molecule has 29 heavy (non-hydrogen) atoms. The second-order valence-corrected chi connectivity index (χ2v) is 7.74. The highest BCUT2D eigenvalue weighted by molar-refractivity contribution is 7.17. The Kier molecular flexibility index (Phi) is 6.03. The summed E-state index contributed by atoms with van der Waals surface area (Å²) in [6.07, 6.45) is 0.673. The van der Waals surface area contributed by atoms with Crippen LogP contribution < -0.4 is 5.73 Å². The molecule has 8 heteroatoms. The predicted molar refractivity (Wildman–Crippen MR) is 112 cm³/mol. The molecule has 3 N–H and O–H groups in total. The van der Waals surface area contributed by atoms with Gasteiger partial charge in [0.2, 0.25) is 5.82 Å². The minimum atomic E-state index is -1.71. The molecule has 148 valence electrons. The fraction of sp³-hybridized carbons (Fsp3) is 0.238. The van der Waals surface area contributed by atoms with Crippen molar-refractivity contribution in [2.24, 2.45) is 5.73 Å². The van der Waals surface area contributed by atoms with Crippen molar-refractivity contribution in [1.82, 2.24) is 14.9 Å². The Hall–Kier alpha value is -3.12. The number of amides is 1. The lowest BCUT2D eigenvalue weighted by molar-refractivity contribution is -0.119. The highest BCUT2D eigenvalue weighted by Crippen LogP contribution is 2.30. The van der Waals surface area contributed by atoms with Crippen molar-refractivity contribution in [3.05, 3.63) is 47.1 Å². The van der Waals surface area contributed by atoms with Crippen molar-refractivity contribution < 1.29 is 14.7 Å². The van der Waals surface area contributed by atoms with E-state index in [2.05, 4.69) is 21.8 Å². The van der Waals surface area contributed by atoms with Crippen molar-refractivity contribution >= 4 is 33.7 Å². The number of nitrogens with zero attached hydrogens (tertiary/aromatic N) is 3. The Morgan fingerprint density at radius 2 is 2.14 bits per heavy atom. The molecule has 7 nitrogen and oxygen atoms in total. The zero-order chi connectivity index (χ0) is 21.0. The minimum Gasteiger partial charge on any atom is -0.371 e. The lowest BCUT2D eigenvalue weighted by Gasteiger charge is -2.17. The summed E-state index contributed by atoms with van der Waals surface area (Å²) in [7, 11) is 3.71. The molecule has 0 fully saturated rings. The SMILES string of the molecule is CN(C)CC[C@@](O)(C#Cc1cccc(-c2nc(C(N)=O)nc3ccsc23)c1)C=O. The summed E-state index contributed by atoms with van der Waals surface area (Å²) in [5.41, 5.74) is 6.22. The summed E-state index contributed by atoms with van der Waals surface area (Å²) in [5, 5.41) is 12.3. The van der Waals surface area contributed by atoms with E-state index in [0.29, 0.717) is 29.6 Å². The van der Waals surface area contributed by atoms with Crippen LogP contribution in [0.15, 0.2) is 35.7 Å². The van der Waals surface area contributed by atoms with Crippen LogP contribution in [0.4, 0.5) is 0 Å². The third-order valence-corrected chi connectivity index (χ3v) is 5.13. The number of carbonyl (C=O) groups excluding carboxylic acids is 2. The van der Waals surface area contributed by atoms with E-state index in [9.17, 15) is 14.7 Å². The lowest BCUT2D eigenvalue weighted by Crippen LogP contribution is -2.33. The summed E-state index contributed by atoms with van der Waals surface area (Å²) >= 11 is 1.46. The van der Waals surface area contributed by atoms with Crippen LogP contribution >= 0.6 is 11.3 Å². The maximum absolute atomic E-state index is 11.6. The topological polar surface area (TPSA) is 109 Å². The fourth-order valence-electron chi connectivity index (χ4n) is 2.64. The van der Waals surface area contributed by atoms with Crippen LogP contribution in [-0.4, -0.2) is 58.4 Å². The number of primary amides is 1. The number of fused-ring (bicyclic) bond motifs is 1. The molecule has 0 aliphatic carbocycles. The van der Waals surface area contributed by atoms with Gasteiger partial charge in [-0.1, -0.05) is 24.0 Å². The average molecular weight is 408 g/mol. The van der Waals surface area contributed by atoms with Gasteiger partial charge in [0.15, 0.2) is 11.9 Å². The Balaban J connectivity index is 2.00. The quantitative estimate of drug-likeness (QED) is 0.475. The van der Waals surface area contributed by atoms with Crippen LogP contribution in [0.3, 0.4) is 0 Å². The van der Waals surface area contributed by atoms with Gasteiger partial charge in [0.05, 0.1) is 15.9 Å². The van der Waals surface area contributed by atoms with E-state index in [1.54, 1.807) is 24.3 Å². The number of aldehydes is 1. The number of nitrogens with two attached hydrogens (primary N) is 1. The van der Waals surface area contributed by atoms with Crippen molar-refractivity contribution in [3.63, 3.8) is 0 Å². The van der Waals surface area contributed by atoms with E-state index in [0.717, 1.165) is 10.3 Å². The highest BCUT2D eigenvalue weighted by Gasteiger charge is 2.23. The molecule has 1 atom stereocenters. The Bertz CT molecular complexity index is 1130. The van der Waals surface area contributed by atoms with Gasteiger partial charge in [-0.2, -0.15) is 0 Å². The molecule has 2 heterocycles. The molecule has 3 aromatic rings. The molecule has 0 saturated heterocycles. The molecule has 0 saturated carbocycles. The van der Waals surface area contributed by atoms with Crippen LogP contribution in [0.2, 0.25) is 0 Å². The molecule has 2 aromatic heterocycles. The monoisotopic (exact) mass is 408 g/mol. The average Bonchev–Trinajstić information content (AvgIpc) is 3.19. The molecule has 0 unspecified atom stereocenters. The Morgan fingerprint density at radius 1 is 1.34 bits per heavy atom. The van der Waals surface area contributed by atoms with E-state index < -0.39 is 11.5 Å². The molecule has 0 radical (unpaired) electrons. The summed E-state index contributed by atoms with van der Waals surface area (Å²) in [6.45, 7) is 0.525. The number of thiophene rings is 1. The first-order chi connectivity index (χ1) is 13.8. The van der Waals surface area contributed by atoms with Gasteiger partial charge in [0.25, 0.3) is 5.91 Å². The summed E-state index contributed by atoms with van der Waals surface area (Å²) in [4.78, 5) is 33.3. The molecule has 0 bridgehead atoms. The molecule has 0 spiro atoms. The van der Waals surface area contributed by atoms with Crippen molar-refractivity contribution in [2.45, 2.75) is 12.0 Å². The molecule has 0 aliphatic heterocycles. The smallest absolute Gasteiger partial charge is 0.286 e. The summed E-state index contributed by atoms with van der Waals surface area (Å²) in [6, 6.07) is 9.00. The van der Waals surface area contributed by atoms with Gasteiger partial charge in [-0.05, 0) is 37.7 Å². The van der Waals surface area contributed by atoms with Crippen LogP contribution in [0.1, 0.15) is 22.6 Å². The second kappa shape index (κ2) is 8.49. The number of hydrogen-bond donors (Lipinski definition) is 2. The zero-order valence-electron chi connectivity index (χ0n) is 16.0. The molecular formula is C21H20N4O3S. The maximum Gasteiger partial charge on any atom is 0.286 e. The summed E-state index contributed by atoms with van der Waals surface area (Å²) in [5.74, 6) is 4.78. The molecule has 3 rings (SSSR count). The van der Waals surface area contributed by atoms with Gasteiger partial charge < -0.3 is 15.7 Å².